The maximum absolute atomic E-state index is 14.9. The van der Waals surface area contributed by atoms with Gasteiger partial charge in [-0.1, -0.05) is 18.2 Å². The Labute approximate surface area is 126 Å². The number of halogens is 1. The Morgan fingerprint density at radius 3 is 2.68 bits per heavy atom. The second kappa shape index (κ2) is 4.80. The van der Waals surface area contributed by atoms with Crippen LogP contribution in [0.5, 0.6) is 0 Å². The minimum absolute atomic E-state index is 0.311. The highest BCUT2D eigenvalue weighted by molar-refractivity contribution is 5.66. The number of nitrogens with zero attached hydrogens (tertiary/aromatic N) is 4. The molecule has 0 bridgehead atoms. The van der Waals surface area contributed by atoms with Gasteiger partial charge in [-0.2, -0.15) is 5.10 Å². The number of benzene rings is 1. The first-order valence-electron chi connectivity index (χ1n) is 6.97. The maximum Gasteiger partial charge on any atom is 0.194 e. The molecule has 4 nitrogen and oxygen atoms in total. The topological polar surface area (TPSA) is 35.1 Å². The van der Waals surface area contributed by atoms with Gasteiger partial charge in [0.15, 0.2) is 11.5 Å². The molecular weight excluding hydrogens is 279 g/mol. The van der Waals surface area contributed by atoms with Gasteiger partial charge in [-0.25, -0.2) is 8.91 Å². The van der Waals surface area contributed by atoms with Crippen LogP contribution in [0.2, 0.25) is 0 Å². The van der Waals surface area contributed by atoms with Crippen LogP contribution in [-0.4, -0.2) is 19.2 Å². The van der Waals surface area contributed by atoms with Gasteiger partial charge < -0.3 is 0 Å². The summed E-state index contributed by atoms with van der Waals surface area (Å²) in [4.78, 5) is 4.03. The third-order valence-electron chi connectivity index (χ3n) is 3.72. The van der Waals surface area contributed by atoms with Crippen LogP contribution in [0.4, 0.5) is 4.39 Å². The van der Waals surface area contributed by atoms with Crippen LogP contribution in [0.15, 0.2) is 61.2 Å². The molecule has 0 fully saturated rings. The Morgan fingerprint density at radius 2 is 1.91 bits per heavy atom. The molecule has 1 aromatic carbocycles. The van der Waals surface area contributed by atoms with Gasteiger partial charge in [0.1, 0.15) is 5.69 Å². The van der Waals surface area contributed by atoms with Crippen molar-refractivity contribution in [3.05, 3.63) is 72.6 Å². The molecule has 5 heteroatoms. The molecule has 0 N–H and O–H groups in total. The molecule has 0 saturated carbocycles. The number of para-hydroxylation sites is 1. The van der Waals surface area contributed by atoms with Gasteiger partial charge in [0.25, 0.3) is 0 Å². The summed E-state index contributed by atoms with van der Waals surface area (Å²) in [5.74, 6) is -0.346. The minimum Gasteiger partial charge on any atom is -0.297 e. The molecule has 22 heavy (non-hydrogen) atoms. The van der Waals surface area contributed by atoms with E-state index in [1.807, 2.05) is 42.0 Å². The van der Waals surface area contributed by atoms with E-state index in [0.717, 1.165) is 11.3 Å². The molecule has 0 atom stereocenters. The summed E-state index contributed by atoms with van der Waals surface area (Å²) in [5, 5.41) is 4.34. The lowest BCUT2D eigenvalue weighted by Gasteiger charge is -2.07. The average Bonchev–Trinajstić information content (AvgIpc) is 3.10. The lowest BCUT2D eigenvalue weighted by Crippen LogP contribution is -1.96. The van der Waals surface area contributed by atoms with Crippen molar-refractivity contribution in [1.29, 1.82) is 0 Å². The number of aromatic nitrogens is 4. The van der Waals surface area contributed by atoms with Crippen molar-refractivity contribution in [3.8, 4) is 16.9 Å². The Hall–Kier alpha value is -2.95. The summed E-state index contributed by atoms with van der Waals surface area (Å²) in [6, 6.07) is 11.4. The number of aryl methyl sites for hydroxylation is 1. The van der Waals surface area contributed by atoms with E-state index in [4.69, 9.17) is 0 Å². The second-order valence-electron chi connectivity index (χ2n) is 5.13. The van der Waals surface area contributed by atoms with E-state index in [1.54, 1.807) is 35.2 Å². The summed E-state index contributed by atoms with van der Waals surface area (Å²) in [5.41, 5.74) is 3.41. The molecule has 4 rings (SSSR count). The zero-order valence-electron chi connectivity index (χ0n) is 11.9. The molecular formula is C17H13FN4. The van der Waals surface area contributed by atoms with E-state index in [9.17, 15) is 4.39 Å². The summed E-state index contributed by atoms with van der Waals surface area (Å²) >= 11 is 0. The summed E-state index contributed by atoms with van der Waals surface area (Å²) < 4.78 is 18.3. The SMILES string of the molecule is Cc1ccccc1-n1ccn2nc(-c3cccnc3)c(F)c12. The first kappa shape index (κ1) is 12.8. The molecule has 0 amide bonds. The van der Waals surface area contributed by atoms with Gasteiger partial charge in [-0.3, -0.25) is 9.55 Å². The largest absolute Gasteiger partial charge is 0.297 e. The van der Waals surface area contributed by atoms with Crippen molar-refractivity contribution in [2.45, 2.75) is 6.92 Å². The van der Waals surface area contributed by atoms with Crippen molar-refractivity contribution in [2.24, 2.45) is 0 Å². The smallest absolute Gasteiger partial charge is 0.194 e. The highest BCUT2D eigenvalue weighted by Crippen LogP contribution is 2.26. The van der Waals surface area contributed by atoms with Crippen molar-refractivity contribution in [1.82, 2.24) is 19.2 Å². The molecule has 0 radical (unpaired) electrons. The predicted molar refractivity (Wildman–Crippen MR) is 82.4 cm³/mol. The quantitative estimate of drug-likeness (QED) is 0.565. The number of hydrogen-bond donors (Lipinski definition) is 0. The molecule has 0 unspecified atom stereocenters. The first-order valence-corrected chi connectivity index (χ1v) is 6.97. The summed E-state index contributed by atoms with van der Waals surface area (Å²) in [7, 11) is 0. The van der Waals surface area contributed by atoms with E-state index < -0.39 is 0 Å². The van der Waals surface area contributed by atoms with Gasteiger partial charge in [-0.15, -0.1) is 0 Å². The van der Waals surface area contributed by atoms with Gasteiger partial charge in [0.05, 0.1) is 5.69 Å². The molecule has 0 aliphatic carbocycles. The molecule has 0 aliphatic heterocycles. The third-order valence-corrected chi connectivity index (χ3v) is 3.72. The van der Waals surface area contributed by atoms with Crippen LogP contribution < -0.4 is 0 Å². The second-order valence-corrected chi connectivity index (χ2v) is 5.13. The standard InChI is InChI=1S/C17H13FN4/c1-12-5-2-3-7-14(12)21-9-10-22-17(21)15(18)16(20-22)13-6-4-8-19-11-13/h2-11H,1H3. The molecule has 4 aromatic rings. The third kappa shape index (κ3) is 1.83. The van der Waals surface area contributed by atoms with Crippen LogP contribution >= 0.6 is 0 Å². The minimum atomic E-state index is -0.346. The number of hydrogen-bond acceptors (Lipinski definition) is 2. The van der Waals surface area contributed by atoms with Crippen LogP contribution in [-0.2, 0) is 0 Å². The Bertz CT molecular complexity index is 953. The highest BCUT2D eigenvalue weighted by atomic mass is 19.1. The van der Waals surface area contributed by atoms with E-state index in [1.165, 1.54) is 0 Å². The predicted octanol–water partition coefficient (Wildman–Crippen LogP) is 3.63. The molecule has 0 saturated heterocycles. The Balaban J connectivity index is 1.97. The van der Waals surface area contributed by atoms with E-state index >= 15 is 0 Å². The fourth-order valence-corrected chi connectivity index (χ4v) is 2.64. The van der Waals surface area contributed by atoms with Crippen molar-refractivity contribution in [3.63, 3.8) is 0 Å². The fraction of sp³-hybridized carbons (Fsp3) is 0.0588. The van der Waals surface area contributed by atoms with Crippen LogP contribution in [0.3, 0.4) is 0 Å². The van der Waals surface area contributed by atoms with Crippen molar-refractivity contribution >= 4 is 5.65 Å². The van der Waals surface area contributed by atoms with E-state index in [-0.39, 0.29) is 5.82 Å². The number of fused-ring (bicyclic) bond motifs is 1. The lowest BCUT2D eigenvalue weighted by molar-refractivity contribution is 0.637. The van der Waals surface area contributed by atoms with Gasteiger partial charge >= 0.3 is 0 Å². The van der Waals surface area contributed by atoms with Gasteiger partial charge in [0.2, 0.25) is 0 Å². The zero-order valence-corrected chi connectivity index (χ0v) is 11.9. The molecule has 0 aliphatic rings. The van der Waals surface area contributed by atoms with Gasteiger partial charge in [0, 0.05) is 30.4 Å². The monoisotopic (exact) mass is 292 g/mol. The number of pyridine rings is 1. The molecule has 3 aromatic heterocycles. The van der Waals surface area contributed by atoms with Gasteiger partial charge in [-0.05, 0) is 30.7 Å². The van der Waals surface area contributed by atoms with Crippen LogP contribution in [0.1, 0.15) is 5.56 Å². The molecule has 108 valence electrons. The average molecular weight is 292 g/mol. The van der Waals surface area contributed by atoms with Crippen LogP contribution in [0, 0.1) is 12.7 Å². The van der Waals surface area contributed by atoms with E-state index in [2.05, 4.69) is 10.1 Å². The normalized spacial score (nSPS) is 11.2. The zero-order chi connectivity index (χ0) is 15.1. The van der Waals surface area contributed by atoms with Crippen molar-refractivity contribution < 1.29 is 4.39 Å². The van der Waals surface area contributed by atoms with Crippen LogP contribution in [0.25, 0.3) is 22.6 Å². The van der Waals surface area contributed by atoms with Crippen molar-refractivity contribution in [2.75, 3.05) is 0 Å². The number of rotatable bonds is 2. The Kier molecular flexibility index (Phi) is 2.79. The van der Waals surface area contributed by atoms with E-state index in [0.29, 0.717) is 16.9 Å². The maximum atomic E-state index is 14.9. The molecule has 3 heterocycles. The fourth-order valence-electron chi connectivity index (χ4n) is 2.64. The summed E-state index contributed by atoms with van der Waals surface area (Å²) in [6.07, 6.45) is 6.85. The number of imidazole rings is 1. The Morgan fingerprint density at radius 1 is 1.05 bits per heavy atom. The molecule has 0 spiro atoms. The highest BCUT2D eigenvalue weighted by Gasteiger charge is 2.19. The lowest BCUT2D eigenvalue weighted by atomic mass is 10.2. The summed E-state index contributed by atoms with van der Waals surface area (Å²) in [6.45, 7) is 2.00. The first-order chi connectivity index (χ1) is 10.8.